The van der Waals surface area contributed by atoms with E-state index in [1.54, 1.807) is 7.11 Å². The van der Waals surface area contributed by atoms with Gasteiger partial charge in [-0.1, -0.05) is 19.1 Å². The summed E-state index contributed by atoms with van der Waals surface area (Å²) in [5.74, 6) is 0.491. The lowest BCUT2D eigenvalue weighted by Gasteiger charge is -2.11. The lowest BCUT2D eigenvalue weighted by molar-refractivity contribution is -0.149. The van der Waals surface area contributed by atoms with E-state index in [9.17, 15) is 4.79 Å². The standard InChI is InChI=1S/C14H21NO3/c1-11(5-4-8-15)14(16)18-10-12-6-3-7-13(9-12)17-2/h3,6-7,9,11H,4-5,8,10,15H2,1-2H3. The van der Waals surface area contributed by atoms with Gasteiger partial charge in [0.15, 0.2) is 0 Å². The molecule has 4 heteroatoms. The van der Waals surface area contributed by atoms with Crippen LogP contribution in [0.1, 0.15) is 25.3 Å². The van der Waals surface area contributed by atoms with Crippen molar-refractivity contribution in [2.45, 2.75) is 26.4 Å². The van der Waals surface area contributed by atoms with Crippen LogP contribution in [-0.4, -0.2) is 19.6 Å². The van der Waals surface area contributed by atoms with Crippen molar-refractivity contribution in [2.24, 2.45) is 11.7 Å². The molecule has 2 N–H and O–H groups in total. The molecule has 0 aliphatic carbocycles. The number of esters is 1. The maximum Gasteiger partial charge on any atom is 0.308 e. The van der Waals surface area contributed by atoms with E-state index in [1.807, 2.05) is 31.2 Å². The minimum absolute atomic E-state index is 0.0980. The fraction of sp³-hybridized carbons (Fsp3) is 0.500. The smallest absolute Gasteiger partial charge is 0.308 e. The van der Waals surface area contributed by atoms with Crippen molar-refractivity contribution in [3.63, 3.8) is 0 Å². The van der Waals surface area contributed by atoms with Crippen molar-refractivity contribution in [1.29, 1.82) is 0 Å². The molecule has 0 saturated heterocycles. The van der Waals surface area contributed by atoms with E-state index in [2.05, 4.69) is 0 Å². The normalized spacial score (nSPS) is 11.9. The molecule has 1 aromatic rings. The van der Waals surface area contributed by atoms with Gasteiger partial charge in [0.2, 0.25) is 0 Å². The Morgan fingerprint density at radius 2 is 2.22 bits per heavy atom. The first-order valence-electron chi connectivity index (χ1n) is 6.17. The number of benzene rings is 1. The molecule has 0 saturated carbocycles. The van der Waals surface area contributed by atoms with Crippen LogP contribution in [0.15, 0.2) is 24.3 Å². The molecule has 4 nitrogen and oxygen atoms in total. The molecular formula is C14H21NO3. The Kier molecular flexibility index (Phi) is 6.22. The van der Waals surface area contributed by atoms with Crippen LogP contribution < -0.4 is 10.5 Å². The van der Waals surface area contributed by atoms with Crippen LogP contribution in [0.3, 0.4) is 0 Å². The van der Waals surface area contributed by atoms with Crippen LogP contribution in [0, 0.1) is 5.92 Å². The molecule has 100 valence electrons. The van der Waals surface area contributed by atoms with Gasteiger partial charge in [-0.05, 0) is 37.1 Å². The van der Waals surface area contributed by atoms with Crippen LogP contribution in [-0.2, 0) is 16.1 Å². The first-order chi connectivity index (χ1) is 8.67. The lowest BCUT2D eigenvalue weighted by Crippen LogP contribution is -2.16. The van der Waals surface area contributed by atoms with E-state index in [-0.39, 0.29) is 18.5 Å². The summed E-state index contributed by atoms with van der Waals surface area (Å²) in [6, 6.07) is 7.49. The number of hydrogen-bond donors (Lipinski definition) is 1. The van der Waals surface area contributed by atoms with Gasteiger partial charge in [0.1, 0.15) is 12.4 Å². The van der Waals surface area contributed by atoms with Crippen LogP contribution in [0.5, 0.6) is 5.75 Å². The Morgan fingerprint density at radius 1 is 1.44 bits per heavy atom. The van der Waals surface area contributed by atoms with Gasteiger partial charge in [-0.3, -0.25) is 4.79 Å². The van der Waals surface area contributed by atoms with E-state index in [4.69, 9.17) is 15.2 Å². The number of rotatable bonds is 7. The molecule has 0 heterocycles. The number of ether oxygens (including phenoxy) is 2. The van der Waals surface area contributed by atoms with Gasteiger partial charge in [0, 0.05) is 0 Å². The Balaban J connectivity index is 2.41. The molecule has 0 amide bonds. The summed E-state index contributed by atoms with van der Waals surface area (Å²) in [5, 5.41) is 0. The van der Waals surface area contributed by atoms with Crippen LogP contribution in [0.4, 0.5) is 0 Å². The number of carbonyl (C=O) groups is 1. The maximum atomic E-state index is 11.7. The molecule has 0 aliphatic rings. The summed E-state index contributed by atoms with van der Waals surface area (Å²) in [5.41, 5.74) is 6.33. The molecule has 0 bridgehead atoms. The van der Waals surface area contributed by atoms with Crippen molar-refractivity contribution >= 4 is 5.97 Å². The highest BCUT2D eigenvalue weighted by Gasteiger charge is 2.13. The fourth-order valence-corrected chi connectivity index (χ4v) is 1.60. The number of nitrogens with two attached hydrogens (primary N) is 1. The van der Waals surface area contributed by atoms with Crippen LogP contribution in [0.2, 0.25) is 0 Å². The van der Waals surface area contributed by atoms with Gasteiger partial charge in [-0.25, -0.2) is 0 Å². The molecule has 0 spiro atoms. The molecule has 1 rings (SSSR count). The Morgan fingerprint density at radius 3 is 2.89 bits per heavy atom. The summed E-state index contributed by atoms with van der Waals surface area (Å²) in [6.07, 6.45) is 1.61. The molecule has 1 unspecified atom stereocenters. The van der Waals surface area contributed by atoms with Gasteiger partial charge in [-0.15, -0.1) is 0 Å². The lowest BCUT2D eigenvalue weighted by atomic mass is 10.1. The van der Waals surface area contributed by atoms with Crippen LogP contribution >= 0.6 is 0 Å². The fourth-order valence-electron chi connectivity index (χ4n) is 1.60. The van der Waals surface area contributed by atoms with Crippen molar-refractivity contribution < 1.29 is 14.3 Å². The molecule has 0 aromatic heterocycles. The van der Waals surface area contributed by atoms with Gasteiger partial charge in [0.05, 0.1) is 13.0 Å². The third kappa shape index (κ3) is 4.75. The predicted octanol–water partition coefficient (Wildman–Crippen LogP) is 2.11. The van der Waals surface area contributed by atoms with Crippen molar-refractivity contribution in [1.82, 2.24) is 0 Å². The number of hydrogen-bond acceptors (Lipinski definition) is 4. The third-order valence-corrected chi connectivity index (χ3v) is 2.76. The molecular weight excluding hydrogens is 230 g/mol. The molecule has 0 radical (unpaired) electrons. The van der Waals surface area contributed by atoms with Gasteiger partial charge in [0.25, 0.3) is 0 Å². The molecule has 18 heavy (non-hydrogen) atoms. The quantitative estimate of drug-likeness (QED) is 0.754. The highest BCUT2D eigenvalue weighted by Crippen LogP contribution is 2.14. The zero-order chi connectivity index (χ0) is 13.4. The Labute approximate surface area is 108 Å². The van der Waals surface area contributed by atoms with E-state index < -0.39 is 0 Å². The van der Waals surface area contributed by atoms with Crippen molar-refractivity contribution in [3.8, 4) is 5.75 Å². The monoisotopic (exact) mass is 251 g/mol. The van der Waals surface area contributed by atoms with Crippen molar-refractivity contribution in [3.05, 3.63) is 29.8 Å². The average molecular weight is 251 g/mol. The van der Waals surface area contributed by atoms with Gasteiger partial charge < -0.3 is 15.2 Å². The Hall–Kier alpha value is -1.55. The van der Waals surface area contributed by atoms with Crippen molar-refractivity contribution in [2.75, 3.05) is 13.7 Å². The summed E-state index contributed by atoms with van der Waals surface area (Å²) < 4.78 is 10.4. The highest BCUT2D eigenvalue weighted by molar-refractivity contribution is 5.71. The molecule has 0 fully saturated rings. The third-order valence-electron chi connectivity index (χ3n) is 2.76. The highest BCUT2D eigenvalue weighted by atomic mass is 16.5. The Bertz CT molecular complexity index is 379. The van der Waals surface area contributed by atoms with Gasteiger partial charge in [-0.2, -0.15) is 0 Å². The number of methoxy groups -OCH3 is 1. The topological polar surface area (TPSA) is 61.5 Å². The first kappa shape index (κ1) is 14.5. The predicted molar refractivity (Wildman–Crippen MR) is 70.2 cm³/mol. The van der Waals surface area contributed by atoms with Gasteiger partial charge >= 0.3 is 5.97 Å². The summed E-state index contributed by atoms with van der Waals surface area (Å²) in [4.78, 5) is 11.7. The maximum absolute atomic E-state index is 11.7. The van der Waals surface area contributed by atoms with E-state index >= 15 is 0 Å². The minimum Gasteiger partial charge on any atom is -0.497 e. The second-order valence-electron chi connectivity index (χ2n) is 4.29. The molecule has 0 aliphatic heterocycles. The summed E-state index contributed by atoms with van der Waals surface area (Å²) in [7, 11) is 1.61. The second-order valence-corrected chi connectivity index (χ2v) is 4.29. The SMILES string of the molecule is COc1cccc(COC(=O)C(C)CCCN)c1. The zero-order valence-corrected chi connectivity index (χ0v) is 11.0. The van der Waals surface area contributed by atoms with E-state index in [0.717, 1.165) is 24.2 Å². The average Bonchev–Trinajstić information content (AvgIpc) is 2.42. The van der Waals surface area contributed by atoms with Crippen LogP contribution in [0.25, 0.3) is 0 Å². The largest absolute Gasteiger partial charge is 0.497 e. The van der Waals surface area contributed by atoms with E-state index in [0.29, 0.717) is 6.54 Å². The minimum atomic E-state index is -0.175. The number of carbonyl (C=O) groups excluding carboxylic acids is 1. The second kappa shape index (κ2) is 7.71. The first-order valence-corrected chi connectivity index (χ1v) is 6.17. The molecule has 1 atom stereocenters. The molecule has 1 aromatic carbocycles. The summed E-state index contributed by atoms with van der Waals surface area (Å²) >= 11 is 0. The zero-order valence-electron chi connectivity index (χ0n) is 11.0. The summed E-state index contributed by atoms with van der Waals surface area (Å²) in [6.45, 7) is 2.75. The van der Waals surface area contributed by atoms with E-state index in [1.165, 1.54) is 0 Å².